The van der Waals surface area contributed by atoms with Gasteiger partial charge in [-0.25, -0.2) is 0 Å². The Kier molecular flexibility index (Phi) is 6.03. The molecule has 0 radical (unpaired) electrons. The van der Waals surface area contributed by atoms with Crippen LogP contribution in [0, 0.1) is 52.3 Å². The van der Waals surface area contributed by atoms with Crippen molar-refractivity contribution in [2.24, 2.45) is 40.4 Å². The molecule has 5 aliphatic rings. The van der Waals surface area contributed by atoms with E-state index in [2.05, 4.69) is 32.6 Å². The second kappa shape index (κ2) is 8.75. The summed E-state index contributed by atoms with van der Waals surface area (Å²) in [7, 11) is 1.67. The SMILES string of the molecule is COc1ccc(C#C[C@@]2(O)CC[C@@]3(C)[C@H](CC[C@@H]4[C@@H]3CC[C@]3(C)[C@@H](C5(C)OCCO5)CC[C@@H]43)C2)cc1. The molecule has 36 heavy (non-hydrogen) atoms. The van der Waals surface area contributed by atoms with Crippen LogP contribution in [0.3, 0.4) is 0 Å². The zero-order chi connectivity index (χ0) is 25.2. The minimum Gasteiger partial charge on any atom is -0.497 e. The average molecular weight is 493 g/mol. The molecule has 0 unspecified atom stereocenters. The number of aliphatic hydroxyl groups is 1. The minimum absolute atomic E-state index is 0.320. The third kappa shape index (κ3) is 3.84. The average Bonchev–Trinajstić information content (AvgIpc) is 3.47. The summed E-state index contributed by atoms with van der Waals surface area (Å²) in [4.78, 5) is 0. The molecule has 1 N–H and O–H groups in total. The van der Waals surface area contributed by atoms with Crippen molar-refractivity contribution in [1.82, 2.24) is 0 Å². The zero-order valence-corrected chi connectivity index (χ0v) is 22.6. The molecule has 4 saturated carbocycles. The van der Waals surface area contributed by atoms with Gasteiger partial charge in [0.25, 0.3) is 0 Å². The van der Waals surface area contributed by atoms with Gasteiger partial charge in [-0.2, -0.15) is 0 Å². The molecular weight excluding hydrogens is 448 g/mol. The lowest BCUT2D eigenvalue weighted by Crippen LogP contribution is -2.57. The lowest BCUT2D eigenvalue weighted by molar-refractivity contribution is -0.219. The highest BCUT2D eigenvalue weighted by atomic mass is 16.7. The Labute approximate surface area is 217 Å². The number of benzene rings is 1. The first-order chi connectivity index (χ1) is 17.2. The van der Waals surface area contributed by atoms with E-state index in [1.807, 2.05) is 24.3 Å². The molecule has 8 atom stereocenters. The largest absolute Gasteiger partial charge is 0.497 e. The maximum Gasteiger partial charge on any atom is 0.169 e. The summed E-state index contributed by atoms with van der Waals surface area (Å²) in [5.41, 5.74) is 0.709. The quantitative estimate of drug-likeness (QED) is 0.500. The minimum atomic E-state index is -0.871. The first-order valence-corrected chi connectivity index (χ1v) is 14.4. The van der Waals surface area contributed by atoms with Crippen LogP contribution in [0.15, 0.2) is 24.3 Å². The molecule has 4 heteroatoms. The molecule has 1 saturated heterocycles. The summed E-state index contributed by atoms with van der Waals surface area (Å²) < 4.78 is 17.7. The van der Waals surface area contributed by atoms with Crippen LogP contribution in [-0.4, -0.2) is 36.8 Å². The van der Waals surface area contributed by atoms with E-state index in [9.17, 15) is 5.11 Å². The lowest BCUT2D eigenvalue weighted by Gasteiger charge is -2.62. The summed E-state index contributed by atoms with van der Waals surface area (Å²) in [5, 5.41) is 11.5. The molecule has 1 aromatic rings. The fourth-order valence-corrected chi connectivity index (χ4v) is 9.81. The third-order valence-electron chi connectivity index (χ3n) is 11.7. The van der Waals surface area contributed by atoms with Crippen LogP contribution in [0.2, 0.25) is 0 Å². The fourth-order valence-electron chi connectivity index (χ4n) is 9.81. The molecule has 1 aliphatic heterocycles. The van der Waals surface area contributed by atoms with E-state index in [1.165, 1.54) is 38.5 Å². The van der Waals surface area contributed by atoms with E-state index in [0.717, 1.165) is 61.5 Å². The first kappa shape index (κ1) is 24.8. The van der Waals surface area contributed by atoms with Crippen molar-refractivity contribution in [3.05, 3.63) is 29.8 Å². The van der Waals surface area contributed by atoms with Gasteiger partial charge >= 0.3 is 0 Å². The van der Waals surface area contributed by atoms with Gasteiger partial charge in [-0.05, 0) is 123 Å². The van der Waals surface area contributed by atoms with Crippen molar-refractivity contribution < 1.29 is 19.3 Å². The summed E-state index contributed by atoms with van der Waals surface area (Å²) >= 11 is 0. The third-order valence-corrected chi connectivity index (χ3v) is 11.7. The van der Waals surface area contributed by atoms with Gasteiger partial charge < -0.3 is 19.3 Å². The van der Waals surface area contributed by atoms with E-state index >= 15 is 0 Å². The predicted molar refractivity (Wildman–Crippen MR) is 140 cm³/mol. The highest BCUT2D eigenvalue weighted by Gasteiger charge is 2.64. The van der Waals surface area contributed by atoms with Gasteiger partial charge in [-0.1, -0.05) is 25.7 Å². The van der Waals surface area contributed by atoms with Crippen molar-refractivity contribution in [3.63, 3.8) is 0 Å². The second-order valence-electron chi connectivity index (χ2n) is 13.3. The summed E-state index contributed by atoms with van der Waals surface area (Å²) in [6.45, 7) is 8.81. The van der Waals surface area contributed by atoms with Crippen molar-refractivity contribution in [1.29, 1.82) is 0 Å². The molecule has 1 aromatic carbocycles. The molecule has 0 aromatic heterocycles. The Morgan fingerprint density at radius 2 is 1.58 bits per heavy atom. The van der Waals surface area contributed by atoms with Gasteiger partial charge in [0, 0.05) is 11.5 Å². The maximum atomic E-state index is 11.5. The number of ether oxygens (including phenoxy) is 3. The molecule has 0 spiro atoms. The van der Waals surface area contributed by atoms with Crippen LogP contribution in [-0.2, 0) is 9.47 Å². The van der Waals surface area contributed by atoms with Crippen LogP contribution in [0.5, 0.6) is 5.75 Å². The first-order valence-electron chi connectivity index (χ1n) is 14.4. The summed E-state index contributed by atoms with van der Waals surface area (Å²) in [6.07, 6.45) is 10.4. The maximum absolute atomic E-state index is 11.5. The van der Waals surface area contributed by atoms with E-state index < -0.39 is 5.60 Å². The van der Waals surface area contributed by atoms with Crippen LogP contribution in [0.25, 0.3) is 0 Å². The molecular formula is C32H44O4. The van der Waals surface area contributed by atoms with Gasteiger partial charge in [0.05, 0.1) is 20.3 Å². The Morgan fingerprint density at radius 1 is 0.861 bits per heavy atom. The smallest absolute Gasteiger partial charge is 0.169 e. The normalized spacial score (nSPS) is 45.1. The Hall–Kier alpha value is -1.54. The van der Waals surface area contributed by atoms with Crippen molar-refractivity contribution in [3.8, 4) is 17.6 Å². The van der Waals surface area contributed by atoms with Crippen molar-refractivity contribution in [2.45, 2.75) is 89.9 Å². The standard InChI is InChI=1S/C32H44O4/c1-29-17-18-32(33,16-13-22-5-8-24(34-4)9-6-22)21-23(29)7-10-25-26-11-12-28(31(3)35-19-20-36-31)30(26,2)15-14-27(25)29/h5-6,8-9,23,25-28,33H,7,10-12,14-15,17-21H2,1-4H3/t23-,25+,26+,27+,28+,29+,30+,32-/m1/s1. The van der Waals surface area contributed by atoms with E-state index in [-0.39, 0.29) is 5.79 Å². The van der Waals surface area contributed by atoms with Gasteiger partial charge in [-0.3, -0.25) is 0 Å². The van der Waals surface area contributed by atoms with Gasteiger partial charge in [0.15, 0.2) is 5.79 Å². The zero-order valence-electron chi connectivity index (χ0n) is 22.6. The highest BCUT2D eigenvalue weighted by Crippen LogP contribution is 2.69. The van der Waals surface area contributed by atoms with Crippen molar-refractivity contribution in [2.75, 3.05) is 20.3 Å². The molecule has 196 valence electrons. The Balaban J connectivity index is 1.18. The molecule has 0 amide bonds. The molecule has 6 rings (SSSR count). The Bertz CT molecular complexity index is 1030. The number of hydrogen-bond acceptors (Lipinski definition) is 4. The lowest BCUT2D eigenvalue weighted by atomic mass is 9.43. The van der Waals surface area contributed by atoms with Crippen LogP contribution in [0.4, 0.5) is 0 Å². The number of hydrogen-bond donors (Lipinski definition) is 1. The predicted octanol–water partition coefficient (Wildman–Crippen LogP) is 6.20. The number of rotatable bonds is 2. The Morgan fingerprint density at radius 3 is 2.31 bits per heavy atom. The molecule has 5 fully saturated rings. The molecule has 4 aliphatic carbocycles. The molecule has 4 nitrogen and oxygen atoms in total. The monoisotopic (exact) mass is 492 g/mol. The van der Waals surface area contributed by atoms with Crippen LogP contribution >= 0.6 is 0 Å². The molecule has 1 heterocycles. The van der Waals surface area contributed by atoms with Gasteiger partial charge in [0.2, 0.25) is 0 Å². The number of fused-ring (bicyclic) bond motifs is 5. The van der Waals surface area contributed by atoms with Crippen LogP contribution in [0.1, 0.15) is 84.1 Å². The van der Waals surface area contributed by atoms with E-state index in [1.54, 1.807) is 7.11 Å². The fraction of sp³-hybridized carbons (Fsp3) is 0.750. The highest BCUT2D eigenvalue weighted by molar-refractivity contribution is 5.40. The molecule has 0 bridgehead atoms. The van der Waals surface area contributed by atoms with E-state index in [0.29, 0.717) is 22.7 Å². The topological polar surface area (TPSA) is 47.9 Å². The van der Waals surface area contributed by atoms with Gasteiger partial charge in [-0.15, -0.1) is 0 Å². The van der Waals surface area contributed by atoms with Crippen LogP contribution < -0.4 is 4.74 Å². The van der Waals surface area contributed by atoms with Crippen molar-refractivity contribution >= 4 is 0 Å². The second-order valence-corrected chi connectivity index (χ2v) is 13.3. The summed E-state index contributed by atoms with van der Waals surface area (Å²) in [6, 6.07) is 7.82. The number of methoxy groups -OCH3 is 1. The summed E-state index contributed by atoms with van der Waals surface area (Å²) in [5.74, 6) is 10.4. The van der Waals surface area contributed by atoms with Gasteiger partial charge in [0.1, 0.15) is 11.4 Å². The van der Waals surface area contributed by atoms with E-state index in [4.69, 9.17) is 14.2 Å².